The van der Waals surface area contributed by atoms with Crippen LogP contribution in [-0.2, 0) is 13.0 Å². The van der Waals surface area contributed by atoms with Crippen LogP contribution in [0.1, 0.15) is 16.7 Å². The lowest BCUT2D eigenvalue weighted by molar-refractivity contribution is 1.07. The number of nitrogens with two attached hydrogens (primary N) is 1. The lowest BCUT2D eigenvalue weighted by Gasteiger charge is -2.13. The van der Waals surface area contributed by atoms with Crippen molar-refractivity contribution in [3.8, 4) is 44.5 Å². The predicted octanol–water partition coefficient (Wildman–Crippen LogP) is 7.72. The fraction of sp³-hybridized carbons (Fsp3) is 0.0625. The lowest BCUT2D eigenvalue weighted by atomic mass is 9.91. The zero-order valence-corrected chi connectivity index (χ0v) is 18.5. The Morgan fingerprint density at radius 1 is 0.485 bits per heavy atom. The molecule has 0 spiro atoms. The molecule has 0 bridgehead atoms. The Bertz CT molecular complexity index is 1390. The smallest absolute Gasteiger partial charge is 0.0184 e. The van der Waals surface area contributed by atoms with E-state index in [0.717, 1.165) is 6.42 Å². The Morgan fingerprint density at radius 2 is 1.09 bits per heavy atom. The fourth-order valence-electron chi connectivity index (χ4n) is 5.05. The minimum Gasteiger partial charge on any atom is -0.326 e. The van der Waals surface area contributed by atoms with Crippen molar-refractivity contribution >= 4 is 0 Å². The van der Waals surface area contributed by atoms with E-state index >= 15 is 0 Å². The third kappa shape index (κ3) is 3.57. The van der Waals surface area contributed by atoms with E-state index in [1.54, 1.807) is 0 Å². The number of hydrogen-bond acceptors (Lipinski definition) is 1. The lowest BCUT2D eigenvalue weighted by Crippen LogP contribution is -1.99. The molecule has 1 aliphatic carbocycles. The topological polar surface area (TPSA) is 26.0 Å². The first-order valence-electron chi connectivity index (χ1n) is 11.5. The monoisotopic (exact) mass is 423 g/mol. The summed E-state index contributed by atoms with van der Waals surface area (Å²) in [6.07, 6.45) is 0.984. The molecule has 1 nitrogen and oxygen atoms in total. The average Bonchev–Trinajstić information content (AvgIpc) is 3.27. The van der Waals surface area contributed by atoms with Crippen molar-refractivity contribution in [2.45, 2.75) is 13.0 Å². The van der Waals surface area contributed by atoms with Crippen LogP contribution in [-0.4, -0.2) is 0 Å². The van der Waals surface area contributed by atoms with Crippen molar-refractivity contribution in [3.05, 3.63) is 132 Å². The number of fused-ring (bicyclic) bond motifs is 3. The van der Waals surface area contributed by atoms with Gasteiger partial charge in [-0.3, -0.25) is 0 Å². The Hall–Kier alpha value is -3.94. The van der Waals surface area contributed by atoms with E-state index in [1.165, 1.54) is 61.2 Å². The summed E-state index contributed by atoms with van der Waals surface area (Å²) >= 11 is 0. The van der Waals surface area contributed by atoms with Crippen LogP contribution in [0.4, 0.5) is 0 Å². The SMILES string of the molecule is NCc1cccc2c1-c1cc(-c3cc(-c4ccccc4)cc(-c4ccccc4)c3)ccc1C2. The minimum absolute atomic E-state index is 0.564. The molecule has 0 atom stereocenters. The summed E-state index contributed by atoms with van der Waals surface area (Å²) in [4.78, 5) is 0. The van der Waals surface area contributed by atoms with Crippen molar-refractivity contribution in [3.63, 3.8) is 0 Å². The largest absolute Gasteiger partial charge is 0.326 e. The van der Waals surface area contributed by atoms with E-state index < -0.39 is 0 Å². The van der Waals surface area contributed by atoms with Crippen LogP contribution < -0.4 is 5.73 Å². The van der Waals surface area contributed by atoms with Crippen molar-refractivity contribution in [1.29, 1.82) is 0 Å². The van der Waals surface area contributed by atoms with E-state index in [1.807, 2.05) is 0 Å². The molecule has 1 heteroatoms. The van der Waals surface area contributed by atoms with Crippen LogP contribution in [0.2, 0.25) is 0 Å². The van der Waals surface area contributed by atoms with Gasteiger partial charge in [-0.15, -0.1) is 0 Å². The molecule has 0 amide bonds. The Balaban J connectivity index is 1.53. The normalized spacial score (nSPS) is 11.8. The quantitative estimate of drug-likeness (QED) is 0.309. The molecule has 6 rings (SSSR count). The van der Waals surface area contributed by atoms with Crippen LogP contribution >= 0.6 is 0 Å². The molecule has 5 aromatic carbocycles. The second kappa shape index (κ2) is 8.20. The molecular formula is C32H25N. The third-order valence-corrected chi connectivity index (χ3v) is 6.70. The Morgan fingerprint density at radius 3 is 1.70 bits per heavy atom. The van der Waals surface area contributed by atoms with Gasteiger partial charge < -0.3 is 5.73 Å². The van der Waals surface area contributed by atoms with Crippen molar-refractivity contribution < 1.29 is 0 Å². The molecule has 0 fully saturated rings. The molecule has 0 radical (unpaired) electrons. The molecule has 0 unspecified atom stereocenters. The summed E-state index contributed by atoms with van der Waals surface area (Å²) in [7, 11) is 0. The summed E-state index contributed by atoms with van der Waals surface area (Å²) in [5, 5.41) is 0. The standard InChI is InChI=1S/C32H25N/c33-21-27-13-7-12-26-16-25-15-14-24(20-31(25)32(26)27)30-18-28(22-8-3-1-4-9-22)17-29(19-30)23-10-5-2-6-11-23/h1-15,17-20H,16,21,33H2. The van der Waals surface area contributed by atoms with Gasteiger partial charge in [-0.2, -0.15) is 0 Å². The third-order valence-electron chi connectivity index (χ3n) is 6.70. The van der Waals surface area contributed by atoms with Crippen LogP contribution in [0.15, 0.2) is 115 Å². The molecule has 5 aromatic rings. The highest BCUT2D eigenvalue weighted by molar-refractivity contribution is 5.86. The van der Waals surface area contributed by atoms with Crippen molar-refractivity contribution in [1.82, 2.24) is 0 Å². The maximum atomic E-state index is 6.10. The zero-order chi connectivity index (χ0) is 22.2. The highest BCUT2D eigenvalue weighted by atomic mass is 14.5. The highest BCUT2D eigenvalue weighted by Gasteiger charge is 2.21. The second-order valence-corrected chi connectivity index (χ2v) is 8.74. The van der Waals surface area contributed by atoms with Gasteiger partial charge in [0.05, 0.1) is 0 Å². The van der Waals surface area contributed by atoms with E-state index in [4.69, 9.17) is 5.73 Å². The van der Waals surface area contributed by atoms with Gasteiger partial charge in [0, 0.05) is 6.54 Å². The first kappa shape index (κ1) is 19.7. The molecular weight excluding hydrogens is 398 g/mol. The van der Waals surface area contributed by atoms with E-state index in [0.29, 0.717) is 6.54 Å². The minimum atomic E-state index is 0.564. The Kier molecular flexibility index (Phi) is 4.90. The van der Waals surface area contributed by atoms with Gasteiger partial charge in [-0.05, 0) is 91.9 Å². The van der Waals surface area contributed by atoms with Crippen LogP contribution in [0.5, 0.6) is 0 Å². The summed E-state index contributed by atoms with van der Waals surface area (Å²) < 4.78 is 0. The average molecular weight is 424 g/mol. The summed E-state index contributed by atoms with van der Waals surface area (Å²) in [5.41, 5.74) is 20.2. The molecule has 0 saturated heterocycles. The number of hydrogen-bond donors (Lipinski definition) is 1. The van der Waals surface area contributed by atoms with Gasteiger partial charge in [0.1, 0.15) is 0 Å². The van der Waals surface area contributed by atoms with E-state index in [2.05, 4.69) is 115 Å². The maximum absolute atomic E-state index is 6.10. The van der Waals surface area contributed by atoms with Gasteiger partial charge >= 0.3 is 0 Å². The highest BCUT2D eigenvalue weighted by Crippen LogP contribution is 2.42. The van der Waals surface area contributed by atoms with E-state index in [9.17, 15) is 0 Å². The molecule has 1 aliphatic rings. The van der Waals surface area contributed by atoms with Gasteiger partial charge in [-0.25, -0.2) is 0 Å². The van der Waals surface area contributed by atoms with Crippen LogP contribution in [0, 0.1) is 0 Å². The molecule has 0 heterocycles. The summed E-state index contributed by atoms with van der Waals surface area (Å²) in [6.45, 7) is 0.564. The maximum Gasteiger partial charge on any atom is 0.0184 e. The molecule has 0 aromatic heterocycles. The predicted molar refractivity (Wildman–Crippen MR) is 139 cm³/mol. The Labute approximate surface area is 195 Å². The zero-order valence-electron chi connectivity index (χ0n) is 18.5. The van der Waals surface area contributed by atoms with Crippen LogP contribution in [0.25, 0.3) is 44.5 Å². The van der Waals surface area contributed by atoms with Gasteiger partial charge in [0.15, 0.2) is 0 Å². The molecule has 0 saturated carbocycles. The molecule has 158 valence electrons. The van der Waals surface area contributed by atoms with Crippen molar-refractivity contribution in [2.24, 2.45) is 5.73 Å². The van der Waals surface area contributed by atoms with Gasteiger partial charge in [0.25, 0.3) is 0 Å². The molecule has 0 aliphatic heterocycles. The summed E-state index contributed by atoms with van der Waals surface area (Å²) in [5.74, 6) is 0. The van der Waals surface area contributed by atoms with E-state index in [-0.39, 0.29) is 0 Å². The van der Waals surface area contributed by atoms with Crippen LogP contribution in [0.3, 0.4) is 0 Å². The fourth-order valence-corrected chi connectivity index (χ4v) is 5.05. The molecule has 2 N–H and O–H groups in total. The first-order chi connectivity index (χ1) is 16.3. The molecule has 33 heavy (non-hydrogen) atoms. The number of benzene rings is 5. The van der Waals surface area contributed by atoms with Crippen molar-refractivity contribution in [2.75, 3.05) is 0 Å². The summed E-state index contributed by atoms with van der Waals surface area (Å²) in [6, 6.07) is 41.6. The second-order valence-electron chi connectivity index (χ2n) is 8.74. The first-order valence-corrected chi connectivity index (χ1v) is 11.5. The van der Waals surface area contributed by atoms with Gasteiger partial charge in [-0.1, -0.05) is 91.0 Å². The number of rotatable bonds is 4. The van der Waals surface area contributed by atoms with Gasteiger partial charge in [0.2, 0.25) is 0 Å².